The van der Waals surface area contributed by atoms with E-state index in [2.05, 4.69) is 35.7 Å². The van der Waals surface area contributed by atoms with Crippen LogP contribution in [0.5, 0.6) is 0 Å². The molecule has 1 aromatic heterocycles. The quantitative estimate of drug-likeness (QED) is 0.628. The third-order valence-electron chi connectivity index (χ3n) is 3.34. The second-order valence-electron chi connectivity index (χ2n) is 4.70. The van der Waals surface area contributed by atoms with Crippen LogP contribution in [-0.4, -0.2) is 22.6 Å². The van der Waals surface area contributed by atoms with E-state index < -0.39 is 0 Å². The molecule has 0 N–H and O–H groups in total. The molecule has 0 aliphatic carbocycles. The van der Waals surface area contributed by atoms with Gasteiger partial charge in [-0.25, -0.2) is 9.78 Å². The highest BCUT2D eigenvalue weighted by Crippen LogP contribution is 2.18. The number of carbonyl (C=O) groups is 1. The number of aryl methyl sites for hydroxylation is 2. The molecule has 1 aromatic carbocycles. The summed E-state index contributed by atoms with van der Waals surface area (Å²) < 4.78 is 6.69. The van der Waals surface area contributed by atoms with Crippen LogP contribution in [0.15, 0.2) is 30.1 Å². The van der Waals surface area contributed by atoms with E-state index >= 15 is 0 Å². The first-order valence-electron chi connectivity index (χ1n) is 6.20. The van der Waals surface area contributed by atoms with Crippen LogP contribution in [-0.2, 0) is 16.1 Å². The summed E-state index contributed by atoms with van der Waals surface area (Å²) in [6.07, 6.45) is 3.65. The van der Waals surface area contributed by atoms with Gasteiger partial charge in [0.25, 0.3) is 0 Å². The van der Waals surface area contributed by atoms with E-state index in [1.54, 1.807) is 13.3 Å². The minimum atomic E-state index is -0.295. The van der Waals surface area contributed by atoms with Gasteiger partial charge in [-0.15, -0.1) is 0 Å². The molecule has 2 aromatic rings. The van der Waals surface area contributed by atoms with Crippen LogP contribution < -0.4 is 0 Å². The Morgan fingerprint density at radius 3 is 2.74 bits per heavy atom. The number of benzene rings is 1. The first-order chi connectivity index (χ1) is 9.02. The highest BCUT2D eigenvalue weighted by molar-refractivity contribution is 5.87. The average Bonchev–Trinajstić information content (AvgIpc) is 2.78. The molecule has 100 valence electrons. The number of carbonyl (C=O) groups excluding carboxylic acids is 1. The number of hydrogen-bond donors (Lipinski definition) is 0. The number of esters is 1. The van der Waals surface area contributed by atoms with E-state index in [1.165, 1.54) is 18.2 Å². The van der Waals surface area contributed by atoms with Crippen LogP contribution in [0.4, 0.5) is 0 Å². The molecule has 1 heterocycles. The van der Waals surface area contributed by atoms with Gasteiger partial charge in [-0.1, -0.05) is 6.08 Å². The molecule has 4 nitrogen and oxygen atoms in total. The summed E-state index contributed by atoms with van der Waals surface area (Å²) in [7, 11) is 1.39. The lowest BCUT2D eigenvalue weighted by molar-refractivity contribution is -0.136. The summed E-state index contributed by atoms with van der Waals surface area (Å²) in [6, 6.07) is 4.21. The van der Waals surface area contributed by atoms with Crippen LogP contribution in [0.3, 0.4) is 0 Å². The maximum absolute atomic E-state index is 11.3. The number of imidazole rings is 1. The molecule has 0 atom stereocenters. The first kappa shape index (κ1) is 13.3. The molecule has 0 fully saturated rings. The second kappa shape index (κ2) is 5.26. The molecule has 0 bridgehead atoms. The lowest BCUT2D eigenvalue weighted by Gasteiger charge is -2.04. The number of fused-ring (bicyclic) bond motifs is 1. The Kier molecular flexibility index (Phi) is 3.69. The van der Waals surface area contributed by atoms with Gasteiger partial charge in [0.2, 0.25) is 0 Å². The minimum Gasteiger partial charge on any atom is -0.466 e. The summed E-state index contributed by atoms with van der Waals surface area (Å²) in [5.41, 5.74) is 5.14. The number of ether oxygens (including phenoxy) is 1. The van der Waals surface area contributed by atoms with Crippen molar-refractivity contribution >= 4 is 17.0 Å². The van der Waals surface area contributed by atoms with Gasteiger partial charge in [0.05, 0.1) is 24.5 Å². The number of hydrogen-bond acceptors (Lipinski definition) is 3. The molecule has 0 radical (unpaired) electrons. The Hall–Kier alpha value is -2.10. The molecule has 0 spiro atoms. The zero-order chi connectivity index (χ0) is 14.0. The fourth-order valence-corrected chi connectivity index (χ4v) is 1.94. The van der Waals surface area contributed by atoms with Crippen LogP contribution in [0.1, 0.15) is 18.1 Å². The van der Waals surface area contributed by atoms with E-state index in [4.69, 9.17) is 0 Å². The number of rotatable bonds is 3. The Bertz CT molecular complexity index is 653. The lowest BCUT2D eigenvalue weighted by atomic mass is 10.1. The predicted molar refractivity (Wildman–Crippen MR) is 75.0 cm³/mol. The van der Waals surface area contributed by atoms with Crippen LogP contribution in [0, 0.1) is 13.8 Å². The Labute approximate surface area is 112 Å². The summed E-state index contributed by atoms with van der Waals surface area (Å²) in [4.78, 5) is 15.7. The summed E-state index contributed by atoms with van der Waals surface area (Å²) in [5.74, 6) is -0.295. The van der Waals surface area contributed by atoms with Gasteiger partial charge in [-0.2, -0.15) is 0 Å². The molecule has 0 aliphatic heterocycles. The van der Waals surface area contributed by atoms with Gasteiger partial charge in [0.15, 0.2) is 0 Å². The second-order valence-corrected chi connectivity index (χ2v) is 4.70. The van der Waals surface area contributed by atoms with Crippen molar-refractivity contribution < 1.29 is 9.53 Å². The molecule has 19 heavy (non-hydrogen) atoms. The van der Waals surface area contributed by atoms with Crippen LogP contribution >= 0.6 is 0 Å². The molecule has 0 amide bonds. The topological polar surface area (TPSA) is 44.1 Å². The van der Waals surface area contributed by atoms with Crippen molar-refractivity contribution in [2.24, 2.45) is 0 Å². The SMILES string of the molecule is COC(=O)C(C)=CCn1cnc2cc(C)c(C)cc21. The molecular weight excluding hydrogens is 240 g/mol. The lowest BCUT2D eigenvalue weighted by Crippen LogP contribution is -2.03. The zero-order valence-corrected chi connectivity index (χ0v) is 11.7. The van der Waals surface area contributed by atoms with Gasteiger partial charge >= 0.3 is 5.97 Å². The largest absolute Gasteiger partial charge is 0.466 e. The maximum Gasteiger partial charge on any atom is 0.333 e. The predicted octanol–water partition coefficient (Wildman–Crippen LogP) is 2.77. The Morgan fingerprint density at radius 1 is 1.37 bits per heavy atom. The molecule has 0 saturated carbocycles. The van der Waals surface area contributed by atoms with E-state index in [0.29, 0.717) is 12.1 Å². The van der Waals surface area contributed by atoms with Gasteiger partial charge in [0.1, 0.15) is 0 Å². The third kappa shape index (κ3) is 2.67. The van der Waals surface area contributed by atoms with E-state index in [-0.39, 0.29) is 5.97 Å². The molecular formula is C15H18N2O2. The Morgan fingerprint density at radius 2 is 2.05 bits per heavy atom. The third-order valence-corrected chi connectivity index (χ3v) is 3.34. The Balaban J connectivity index is 2.32. The normalized spacial score (nSPS) is 11.9. The van der Waals surface area contributed by atoms with Crippen molar-refractivity contribution in [1.82, 2.24) is 9.55 Å². The molecule has 4 heteroatoms. The van der Waals surface area contributed by atoms with Gasteiger partial charge in [-0.05, 0) is 44.0 Å². The molecule has 0 unspecified atom stereocenters. The molecule has 0 saturated heterocycles. The van der Waals surface area contributed by atoms with Crippen molar-refractivity contribution in [3.05, 3.63) is 41.2 Å². The number of aromatic nitrogens is 2. The minimum absolute atomic E-state index is 0.295. The molecule has 0 aliphatic rings. The number of nitrogens with zero attached hydrogens (tertiary/aromatic N) is 2. The van der Waals surface area contributed by atoms with Gasteiger partial charge in [0, 0.05) is 12.1 Å². The fraction of sp³-hybridized carbons (Fsp3) is 0.333. The fourth-order valence-electron chi connectivity index (χ4n) is 1.94. The van der Waals surface area contributed by atoms with Crippen molar-refractivity contribution in [1.29, 1.82) is 0 Å². The standard InChI is InChI=1S/C15H18N2O2/c1-10(15(18)19-4)5-6-17-9-16-13-7-11(2)12(3)8-14(13)17/h5,7-9H,6H2,1-4H3. The van der Waals surface area contributed by atoms with E-state index in [0.717, 1.165) is 11.0 Å². The maximum atomic E-state index is 11.3. The summed E-state index contributed by atoms with van der Waals surface area (Å²) >= 11 is 0. The van der Waals surface area contributed by atoms with Crippen molar-refractivity contribution in [2.75, 3.05) is 7.11 Å². The van der Waals surface area contributed by atoms with Crippen molar-refractivity contribution in [3.8, 4) is 0 Å². The van der Waals surface area contributed by atoms with Gasteiger partial charge in [-0.3, -0.25) is 0 Å². The molecule has 2 rings (SSSR count). The average molecular weight is 258 g/mol. The van der Waals surface area contributed by atoms with E-state index in [1.807, 2.05) is 10.6 Å². The van der Waals surface area contributed by atoms with Crippen molar-refractivity contribution in [2.45, 2.75) is 27.3 Å². The zero-order valence-electron chi connectivity index (χ0n) is 11.7. The van der Waals surface area contributed by atoms with E-state index in [9.17, 15) is 4.79 Å². The highest BCUT2D eigenvalue weighted by Gasteiger charge is 2.06. The highest BCUT2D eigenvalue weighted by atomic mass is 16.5. The summed E-state index contributed by atoms with van der Waals surface area (Å²) in [5, 5.41) is 0. The van der Waals surface area contributed by atoms with Gasteiger partial charge < -0.3 is 9.30 Å². The van der Waals surface area contributed by atoms with Crippen LogP contribution in [0.25, 0.3) is 11.0 Å². The number of methoxy groups -OCH3 is 1. The number of allylic oxidation sites excluding steroid dienone is 1. The smallest absolute Gasteiger partial charge is 0.333 e. The summed E-state index contributed by atoms with van der Waals surface area (Å²) in [6.45, 7) is 6.52. The van der Waals surface area contributed by atoms with Crippen molar-refractivity contribution in [3.63, 3.8) is 0 Å². The monoisotopic (exact) mass is 258 g/mol. The first-order valence-corrected chi connectivity index (χ1v) is 6.20. The van der Waals surface area contributed by atoms with Crippen LogP contribution in [0.2, 0.25) is 0 Å².